The number of methoxy groups -OCH3 is 1. The molecule has 2 aliphatic heterocycles. The summed E-state index contributed by atoms with van der Waals surface area (Å²) in [7, 11) is 4.99. The molecule has 0 radical (unpaired) electrons. The number of aliphatic hydroxyl groups excluding tert-OH is 1. The molecule has 3 heterocycles. The van der Waals surface area contributed by atoms with Gasteiger partial charge in [0.2, 0.25) is 0 Å². The van der Waals surface area contributed by atoms with Crippen LogP contribution in [0.4, 0.5) is 10.5 Å². The first kappa shape index (κ1) is 28.4. The second kappa shape index (κ2) is 11.7. The van der Waals surface area contributed by atoms with Gasteiger partial charge in [-0.2, -0.15) is 0 Å². The van der Waals surface area contributed by atoms with Crippen LogP contribution in [0.1, 0.15) is 26.2 Å². The summed E-state index contributed by atoms with van der Waals surface area (Å²) in [5, 5.41) is 20.7. The van der Waals surface area contributed by atoms with Crippen LogP contribution in [0.15, 0.2) is 42.7 Å². The van der Waals surface area contributed by atoms with Crippen LogP contribution >= 0.6 is 0 Å². The predicted octanol–water partition coefficient (Wildman–Crippen LogP) is 2.34. The number of carbonyl (C=O) groups is 3. The first-order valence-corrected chi connectivity index (χ1v) is 13.4. The second-order valence-corrected chi connectivity index (χ2v) is 10.5. The predicted molar refractivity (Wildman–Crippen MR) is 145 cm³/mol. The minimum atomic E-state index is -1.04. The molecule has 2 amide bonds. The van der Waals surface area contributed by atoms with Gasteiger partial charge in [0.1, 0.15) is 18.2 Å². The van der Waals surface area contributed by atoms with E-state index in [1.165, 1.54) is 9.80 Å². The Morgan fingerprint density at radius 1 is 1.10 bits per heavy atom. The number of aliphatic hydroxyl groups is 1. The lowest BCUT2D eigenvalue weighted by atomic mass is 9.82. The van der Waals surface area contributed by atoms with Crippen LogP contribution in [-0.2, 0) is 14.3 Å². The van der Waals surface area contributed by atoms with Crippen molar-refractivity contribution in [2.24, 2.45) is 5.92 Å². The Hall–Kier alpha value is -3.57. The number of quaternary nitrogens is 1. The summed E-state index contributed by atoms with van der Waals surface area (Å²) in [4.78, 5) is 41.4. The quantitative estimate of drug-likeness (QED) is 0.406. The Bertz CT molecular complexity index is 1170. The number of piperidine rings is 2. The Kier molecular flexibility index (Phi) is 8.51. The molecule has 4 unspecified atom stereocenters. The highest BCUT2D eigenvalue weighted by Gasteiger charge is 2.58. The van der Waals surface area contributed by atoms with E-state index in [-0.39, 0.29) is 36.0 Å². The molecule has 4 atom stereocenters. The van der Waals surface area contributed by atoms with Gasteiger partial charge in [-0.1, -0.05) is 0 Å². The summed E-state index contributed by atoms with van der Waals surface area (Å²) < 4.78 is 12.7. The largest absolute Gasteiger partial charge is 0.497 e. The molecule has 4 rings (SSSR count). The Morgan fingerprint density at radius 2 is 1.77 bits per heavy atom. The minimum Gasteiger partial charge on any atom is -0.497 e. The fraction of sp³-hybridized carbons (Fsp3) is 0.536. The van der Waals surface area contributed by atoms with Gasteiger partial charge in [-0.25, -0.2) is 4.79 Å². The standard InChI is InChI=1S/C28H38N4O7/c1-5-39-27(35)23-18-32(20-10-13-30(14-11-20)28(36)37,24(16-25(23)33)26(34)29(2)3)21-12-15-31(17-21)19-6-8-22(38-4)9-7-19/h6-9,12,15,17,20,23-25,33H,5,10-11,13-14,16,18H2,1-4H3/p+1. The van der Waals surface area contributed by atoms with Crippen molar-refractivity contribution in [1.29, 1.82) is 0 Å². The van der Waals surface area contributed by atoms with Gasteiger partial charge in [0.15, 0.2) is 11.7 Å². The third-order valence-electron chi connectivity index (χ3n) is 8.21. The number of carbonyl (C=O) groups excluding carboxylic acids is 2. The number of aromatic nitrogens is 1. The van der Waals surface area contributed by atoms with Crippen molar-refractivity contribution in [3.8, 4) is 11.4 Å². The maximum absolute atomic E-state index is 13.8. The van der Waals surface area contributed by atoms with Crippen molar-refractivity contribution in [3.63, 3.8) is 0 Å². The average molecular weight is 544 g/mol. The Balaban J connectivity index is 1.84. The highest BCUT2D eigenvalue weighted by Crippen LogP contribution is 2.43. The molecular formula is C28H39N4O7+. The van der Waals surface area contributed by atoms with E-state index in [0.29, 0.717) is 25.9 Å². The summed E-state index contributed by atoms with van der Waals surface area (Å²) >= 11 is 0. The number of likely N-dealkylation sites (N-methyl/N-ethyl adjacent to an activating group) is 1. The van der Waals surface area contributed by atoms with Gasteiger partial charge in [0.05, 0.1) is 32.1 Å². The van der Waals surface area contributed by atoms with Gasteiger partial charge in [-0.05, 0) is 31.2 Å². The molecule has 2 fully saturated rings. The summed E-state index contributed by atoms with van der Waals surface area (Å²) in [6, 6.07) is 8.76. The van der Waals surface area contributed by atoms with Crippen LogP contribution in [0.5, 0.6) is 5.75 Å². The van der Waals surface area contributed by atoms with Crippen molar-refractivity contribution < 1.29 is 34.1 Å². The first-order chi connectivity index (χ1) is 18.6. The number of amides is 2. The van der Waals surface area contributed by atoms with Crippen molar-refractivity contribution in [2.75, 3.05) is 47.4 Å². The molecule has 0 spiro atoms. The normalized spacial score (nSPS) is 25.7. The lowest BCUT2D eigenvalue weighted by Gasteiger charge is -2.54. The van der Waals surface area contributed by atoms with Gasteiger partial charge in [0, 0.05) is 64.4 Å². The van der Waals surface area contributed by atoms with Gasteiger partial charge < -0.3 is 34.1 Å². The minimum absolute atomic E-state index is 0.0906. The number of rotatable bonds is 7. The van der Waals surface area contributed by atoms with Crippen molar-refractivity contribution in [2.45, 2.75) is 44.4 Å². The van der Waals surface area contributed by atoms with Crippen LogP contribution in [0.25, 0.3) is 5.69 Å². The van der Waals surface area contributed by atoms with Gasteiger partial charge in [0.25, 0.3) is 5.91 Å². The molecule has 1 aromatic carbocycles. The first-order valence-electron chi connectivity index (χ1n) is 13.4. The number of hydrogen-bond acceptors (Lipinski definition) is 6. The third kappa shape index (κ3) is 5.46. The molecule has 212 valence electrons. The fourth-order valence-corrected chi connectivity index (χ4v) is 6.20. The molecule has 39 heavy (non-hydrogen) atoms. The summed E-state index contributed by atoms with van der Waals surface area (Å²) in [5.41, 5.74) is 1.73. The number of esters is 1. The van der Waals surface area contributed by atoms with Crippen molar-refractivity contribution in [1.82, 2.24) is 18.8 Å². The van der Waals surface area contributed by atoms with E-state index < -0.39 is 30.1 Å². The van der Waals surface area contributed by atoms with E-state index in [1.54, 1.807) is 28.1 Å². The fourth-order valence-electron chi connectivity index (χ4n) is 6.20. The molecule has 1 aromatic heterocycles. The van der Waals surface area contributed by atoms with Gasteiger partial charge in [-0.3, -0.25) is 14.1 Å². The summed E-state index contributed by atoms with van der Waals surface area (Å²) in [6.45, 7) is 2.75. The van der Waals surface area contributed by atoms with Crippen molar-refractivity contribution >= 4 is 23.7 Å². The van der Waals surface area contributed by atoms with Crippen LogP contribution in [-0.4, -0.2) is 108 Å². The molecule has 2 aromatic rings. The Morgan fingerprint density at radius 3 is 2.33 bits per heavy atom. The molecule has 0 bridgehead atoms. The van der Waals surface area contributed by atoms with Crippen LogP contribution in [0.3, 0.4) is 0 Å². The molecule has 0 aliphatic carbocycles. The number of likely N-dealkylation sites (tertiary alicyclic amines) is 2. The smallest absolute Gasteiger partial charge is 0.407 e. The number of nitrogens with zero attached hydrogens (tertiary/aromatic N) is 4. The molecule has 11 heteroatoms. The lowest BCUT2D eigenvalue weighted by molar-refractivity contribution is -0.161. The van der Waals surface area contributed by atoms with Crippen LogP contribution in [0, 0.1) is 5.92 Å². The highest BCUT2D eigenvalue weighted by molar-refractivity contribution is 5.85. The zero-order valence-corrected chi connectivity index (χ0v) is 23.0. The van der Waals surface area contributed by atoms with E-state index in [1.807, 2.05) is 47.3 Å². The number of carboxylic acid groups (broad SMARTS) is 1. The van der Waals surface area contributed by atoms with E-state index in [2.05, 4.69) is 0 Å². The van der Waals surface area contributed by atoms with E-state index in [0.717, 1.165) is 17.1 Å². The number of hydrogen-bond donors (Lipinski definition) is 2. The zero-order valence-electron chi connectivity index (χ0n) is 23.0. The molecular weight excluding hydrogens is 504 g/mol. The van der Waals surface area contributed by atoms with Crippen molar-refractivity contribution in [3.05, 3.63) is 42.7 Å². The molecule has 2 N–H and O–H groups in total. The molecule has 2 aliphatic rings. The van der Waals surface area contributed by atoms with E-state index >= 15 is 0 Å². The number of benzene rings is 1. The maximum Gasteiger partial charge on any atom is 0.407 e. The molecule has 11 nitrogen and oxygen atoms in total. The maximum atomic E-state index is 13.8. The third-order valence-corrected chi connectivity index (χ3v) is 8.21. The highest BCUT2D eigenvalue weighted by atomic mass is 16.5. The summed E-state index contributed by atoms with van der Waals surface area (Å²) in [6.07, 6.45) is 3.02. The second-order valence-electron chi connectivity index (χ2n) is 10.5. The summed E-state index contributed by atoms with van der Waals surface area (Å²) in [5.74, 6) is -0.716. The molecule has 0 saturated carbocycles. The zero-order chi connectivity index (χ0) is 28.3. The SMILES string of the molecule is CCOC(=O)C1C[N+](c2ccn(-c3ccc(OC)cc3)c2)(C2CCN(C(=O)O)CC2)C(C(=O)N(C)C)CC1O. The topological polar surface area (TPSA) is 122 Å². The van der Waals surface area contributed by atoms with E-state index in [9.17, 15) is 24.6 Å². The van der Waals surface area contributed by atoms with Crippen LogP contribution < -0.4 is 9.22 Å². The average Bonchev–Trinajstić information content (AvgIpc) is 3.43. The monoisotopic (exact) mass is 543 g/mol. The lowest BCUT2D eigenvalue weighted by Crippen LogP contribution is -2.74. The Labute approximate surface area is 228 Å². The van der Waals surface area contributed by atoms with E-state index in [4.69, 9.17) is 9.47 Å². The van der Waals surface area contributed by atoms with Gasteiger partial charge in [-0.15, -0.1) is 0 Å². The van der Waals surface area contributed by atoms with Crippen LogP contribution in [0.2, 0.25) is 0 Å². The van der Waals surface area contributed by atoms with Gasteiger partial charge >= 0.3 is 12.1 Å². The number of ether oxygens (including phenoxy) is 2. The molecule has 2 saturated heterocycles.